The molecular formula is C10H18N2O2S. The zero-order chi connectivity index (χ0) is 11.3. The number of nitrogens with one attached hydrogen (secondary N) is 1. The molecule has 0 radical (unpaired) electrons. The predicted molar refractivity (Wildman–Crippen MR) is 61.8 cm³/mol. The predicted octanol–water partition coefficient (Wildman–Crippen LogP) is 0.291. The topological polar surface area (TPSA) is 49.4 Å². The van der Waals surface area contributed by atoms with Gasteiger partial charge >= 0.3 is 0 Å². The maximum absolute atomic E-state index is 11.5. The van der Waals surface area contributed by atoms with Crippen LogP contribution < -0.4 is 5.32 Å². The van der Waals surface area contributed by atoms with E-state index in [9.17, 15) is 9.59 Å². The lowest BCUT2D eigenvalue weighted by atomic mass is 10.1. The molecule has 0 aromatic heterocycles. The van der Waals surface area contributed by atoms with Crippen molar-refractivity contribution in [2.75, 3.05) is 25.4 Å². The third kappa shape index (κ3) is 3.74. The van der Waals surface area contributed by atoms with Crippen molar-refractivity contribution in [2.24, 2.45) is 5.92 Å². The summed E-state index contributed by atoms with van der Waals surface area (Å²) in [4.78, 5) is 24.5. The molecule has 0 aliphatic carbocycles. The fourth-order valence-corrected chi connectivity index (χ4v) is 1.87. The van der Waals surface area contributed by atoms with E-state index in [4.69, 9.17) is 0 Å². The molecule has 0 bridgehead atoms. The molecule has 1 N–H and O–H groups in total. The van der Waals surface area contributed by atoms with E-state index in [0.717, 1.165) is 6.42 Å². The second-order valence-electron chi connectivity index (χ2n) is 3.88. The molecule has 1 atom stereocenters. The fraction of sp³-hybridized carbons (Fsp3) is 0.800. The molecule has 1 aliphatic rings. The van der Waals surface area contributed by atoms with Crippen molar-refractivity contribution in [1.82, 2.24) is 10.2 Å². The van der Waals surface area contributed by atoms with E-state index < -0.39 is 0 Å². The highest BCUT2D eigenvalue weighted by Gasteiger charge is 2.29. The lowest BCUT2D eigenvalue weighted by Crippen LogP contribution is -2.38. The van der Waals surface area contributed by atoms with Crippen LogP contribution >= 0.6 is 12.6 Å². The molecule has 0 saturated carbocycles. The summed E-state index contributed by atoms with van der Waals surface area (Å²) in [5, 5.41) is 2.76. The fourth-order valence-electron chi connectivity index (χ4n) is 1.62. The first-order valence-corrected chi connectivity index (χ1v) is 5.96. The van der Waals surface area contributed by atoms with Crippen molar-refractivity contribution in [3.63, 3.8) is 0 Å². The average Bonchev–Trinajstić information content (AvgIpc) is 2.57. The first-order valence-electron chi connectivity index (χ1n) is 5.32. The van der Waals surface area contributed by atoms with Crippen molar-refractivity contribution in [2.45, 2.75) is 19.8 Å². The van der Waals surface area contributed by atoms with Crippen LogP contribution in [-0.4, -0.2) is 42.1 Å². The summed E-state index contributed by atoms with van der Waals surface area (Å²) in [5.74, 6) is 1.02. The van der Waals surface area contributed by atoms with Gasteiger partial charge in [0.1, 0.15) is 0 Å². The van der Waals surface area contributed by atoms with Gasteiger partial charge in [-0.15, -0.1) is 0 Å². The normalized spacial score (nSPS) is 20.8. The zero-order valence-corrected chi connectivity index (χ0v) is 9.93. The molecule has 1 saturated heterocycles. The third-order valence-electron chi connectivity index (χ3n) is 2.46. The Morgan fingerprint density at radius 2 is 2.40 bits per heavy atom. The van der Waals surface area contributed by atoms with Gasteiger partial charge in [0.25, 0.3) is 0 Å². The third-order valence-corrected chi connectivity index (χ3v) is 2.98. The Balaban J connectivity index is 2.32. The van der Waals surface area contributed by atoms with Crippen LogP contribution in [0.1, 0.15) is 19.8 Å². The Morgan fingerprint density at radius 1 is 1.67 bits per heavy atom. The number of thiol groups is 1. The number of nitrogens with zero attached hydrogens (tertiary/aromatic N) is 1. The van der Waals surface area contributed by atoms with Crippen molar-refractivity contribution in [3.8, 4) is 0 Å². The van der Waals surface area contributed by atoms with E-state index in [1.807, 2.05) is 6.92 Å². The van der Waals surface area contributed by atoms with E-state index in [1.165, 1.54) is 0 Å². The highest BCUT2D eigenvalue weighted by Crippen LogP contribution is 2.17. The molecule has 1 aliphatic heterocycles. The van der Waals surface area contributed by atoms with Gasteiger partial charge in [0.05, 0.1) is 6.54 Å². The maximum Gasteiger partial charge on any atom is 0.239 e. The molecule has 0 aromatic rings. The van der Waals surface area contributed by atoms with E-state index in [1.54, 1.807) is 4.90 Å². The van der Waals surface area contributed by atoms with E-state index in [-0.39, 0.29) is 18.4 Å². The SMILES string of the molecule is CCCNC(=O)CN1CC(CS)CC1=O. The largest absolute Gasteiger partial charge is 0.355 e. The van der Waals surface area contributed by atoms with Gasteiger partial charge in [-0.1, -0.05) is 6.92 Å². The van der Waals surface area contributed by atoms with Gasteiger partial charge in [-0.25, -0.2) is 0 Å². The molecule has 5 heteroatoms. The number of carbonyl (C=O) groups is 2. The van der Waals surface area contributed by atoms with Crippen LogP contribution in [0.3, 0.4) is 0 Å². The molecule has 1 rings (SSSR count). The van der Waals surface area contributed by atoms with E-state index >= 15 is 0 Å². The molecule has 0 spiro atoms. The molecule has 1 unspecified atom stereocenters. The number of carbonyl (C=O) groups excluding carboxylic acids is 2. The molecule has 86 valence electrons. The maximum atomic E-state index is 11.5. The van der Waals surface area contributed by atoms with Crippen LogP contribution in [0.15, 0.2) is 0 Å². The van der Waals surface area contributed by atoms with Crippen LogP contribution in [0.25, 0.3) is 0 Å². The van der Waals surface area contributed by atoms with Gasteiger partial charge in [-0.3, -0.25) is 9.59 Å². The Bertz CT molecular complexity index is 246. The highest BCUT2D eigenvalue weighted by atomic mass is 32.1. The Labute approximate surface area is 95.8 Å². The molecule has 1 fully saturated rings. The van der Waals surface area contributed by atoms with Crippen molar-refractivity contribution in [3.05, 3.63) is 0 Å². The van der Waals surface area contributed by atoms with Crippen molar-refractivity contribution in [1.29, 1.82) is 0 Å². The van der Waals surface area contributed by atoms with Gasteiger partial charge in [0.15, 0.2) is 0 Å². The second-order valence-corrected chi connectivity index (χ2v) is 4.24. The first-order chi connectivity index (χ1) is 7.17. The molecule has 2 amide bonds. The first kappa shape index (κ1) is 12.4. The summed E-state index contributed by atoms with van der Waals surface area (Å²) in [6.45, 7) is 3.54. The Kier molecular flexibility index (Phi) is 4.94. The minimum absolute atomic E-state index is 0.0648. The van der Waals surface area contributed by atoms with Crippen LogP contribution in [0.5, 0.6) is 0 Å². The minimum atomic E-state index is -0.0648. The standard InChI is InChI=1S/C10H18N2O2S/c1-2-3-11-9(13)6-12-5-8(7-15)4-10(12)14/h8,15H,2-7H2,1H3,(H,11,13). The van der Waals surface area contributed by atoms with Crippen LogP contribution in [0.4, 0.5) is 0 Å². The van der Waals surface area contributed by atoms with Gasteiger partial charge in [0, 0.05) is 19.5 Å². The highest BCUT2D eigenvalue weighted by molar-refractivity contribution is 7.80. The number of likely N-dealkylation sites (tertiary alicyclic amines) is 1. The summed E-state index contributed by atoms with van der Waals surface area (Å²) < 4.78 is 0. The van der Waals surface area contributed by atoms with E-state index in [2.05, 4.69) is 17.9 Å². The van der Waals surface area contributed by atoms with Gasteiger partial charge in [0.2, 0.25) is 11.8 Å². The molecular weight excluding hydrogens is 212 g/mol. The number of hydrogen-bond donors (Lipinski definition) is 2. The minimum Gasteiger partial charge on any atom is -0.355 e. The zero-order valence-electron chi connectivity index (χ0n) is 9.03. The summed E-state index contributed by atoms with van der Waals surface area (Å²) in [5.41, 5.74) is 0. The van der Waals surface area contributed by atoms with Crippen LogP contribution in [-0.2, 0) is 9.59 Å². The molecule has 1 heterocycles. The monoisotopic (exact) mass is 230 g/mol. The van der Waals surface area contributed by atoms with Crippen LogP contribution in [0.2, 0.25) is 0 Å². The van der Waals surface area contributed by atoms with E-state index in [0.29, 0.717) is 31.2 Å². The van der Waals surface area contributed by atoms with Gasteiger partial charge in [-0.05, 0) is 18.1 Å². The Morgan fingerprint density at radius 3 is 2.93 bits per heavy atom. The molecule has 15 heavy (non-hydrogen) atoms. The summed E-state index contributed by atoms with van der Waals surface area (Å²) in [6.07, 6.45) is 1.45. The average molecular weight is 230 g/mol. The summed E-state index contributed by atoms with van der Waals surface area (Å²) in [6, 6.07) is 0. The Hall–Kier alpha value is -0.710. The van der Waals surface area contributed by atoms with Gasteiger partial charge in [-0.2, -0.15) is 12.6 Å². The summed E-state index contributed by atoms with van der Waals surface area (Å²) in [7, 11) is 0. The second kappa shape index (κ2) is 6.00. The quantitative estimate of drug-likeness (QED) is 0.667. The van der Waals surface area contributed by atoms with Crippen molar-refractivity contribution < 1.29 is 9.59 Å². The van der Waals surface area contributed by atoms with Gasteiger partial charge < -0.3 is 10.2 Å². The summed E-state index contributed by atoms with van der Waals surface area (Å²) >= 11 is 4.16. The number of hydrogen-bond acceptors (Lipinski definition) is 3. The smallest absolute Gasteiger partial charge is 0.239 e. The van der Waals surface area contributed by atoms with Crippen LogP contribution in [0, 0.1) is 5.92 Å². The van der Waals surface area contributed by atoms with Crippen molar-refractivity contribution >= 4 is 24.4 Å². The number of rotatable bonds is 5. The molecule has 4 nitrogen and oxygen atoms in total. The lowest BCUT2D eigenvalue weighted by Gasteiger charge is -2.15. The molecule has 0 aromatic carbocycles. The number of amides is 2. The lowest BCUT2D eigenvalue weighted by molar-refractivity contribution is -0.133.